The number of hydrogen-bond donors (Lipinski definition) is 1. The molecule has 23 heavy (non-hydrogen) atoms. The van der Waals surface area contributed by atoms with Crippen LogP contribution in [0.2, 0.25) is 0 Å². The van der Waals surface area contributed by atoms with Gasteiger partial charge in [0, 0.05) is 29.6 Å². The number of amides is 2. The topological polar surface area (TPSA) is 59.4 Å². The average Bonchev–Trinajstić information content (AvgIpc) is 3.24. The lowest BCUT2D eigenvalue weighted by Crippen LogP contribution is -2.30. The minimum Gasteiger partial charge on any atom is -0.376 e. The van der Waals surface area contributed by atoms with E-state index in [9.17, 15) is 4.79 Å². The van der Waals surface area contributed by atoms with Crippen LogP contribution in [0.1, 0.15) is 22.6 Å². The Morgan fingerprint density at radius 2 is 2.43 bits per heavy atom. The van der Waals surface area contributed by atoms with E-state index in [0.29, 0.717) is 12.2 Å². The van der Waals surface area contributed by atoms with Crippen molar-refractivity contribution >= 4 is 23.1 Å². The summed E-state index contributed by atoms with van der Waals surface area (Å²) in [5.41, 5.74) is 0.710. The third-order valence-electron chi connectivity index (χ3n) is 3.83. The lowest BCUT2D eigenvalue weighted by atomic mass is 10.2. The van der Waals surface area contributed by atoms with Crippen molar-refractivity contribution in [3.63, 3.8) is 0 Å². The highest BCUT2D eigenvalue weighted by Gasteiger charge is 2.17. The van der Waals surface area contributed by atoms with Gasteiger partial charge in [0.15, 0.2) is 0 Å². The lowest BCUT2D eigenvalue weighted by molar-refractivity contribution is 0.0940. The summed E-state index contributed by atoms with van der Waals surface area (Å²) in [5.74, 6) is 0. The van der Waals surface area contributed by atoms with Gasteiger partial charge in [0.2, 0.25) is 0 Å². The molecule has 0 spiro atoms. The van der Waals surface area contributed by atoms with Gasteiger partial charge < -0.3 is 15.0 Å². The van der Waals surface area contributed by atoms with Gasteiger partial charge in [0.05, 0.1) is 31.1 Å². The summed E-state index contributed by atoms with van der Waals surface area (Å²) in [6.45, 7) is 4.24. The van der Waals surface area contributed by atoms with Crippen molar-refractivity contribution in [2.24, 2.45) is 0 Å². The van der Waals surface area contributed by atoms with Crippen LogP contribution in [0, 0.1) is 6.92 Å². The first kappa shape index (κ1) is 16.0. The first-order chi connectivity index (χ1) is 11.1. The highest BCUT2D eigenvalue weighted by Crippen LogP contribution is 2.18. The van der Waals surface area contributed by atoms with Crippen LogP contribution in [0.15, 0.2) is 24.5 Å². The SMILES string of the molecule is Cc1ccc(CN(C)C(=O)Nc2cnn(C[C@H]3CCCO3)c2)s1. The van der Waals surface area contributed by atoms with Crippen LogP contribution < -0.4 is 5.32 Å². The zero-order valence-corrected chi connectivity index (χ0v) is 14.3. The molecular weight excluding hydrogens is 312 g/mol. The lowest BCUT2D eigenvalue weighted by Gasteiger charge is -2.16. The molecule has 2 amide bonds. The van der Waals surface area contributed by atoms with Gasteiger partial charge in [0.25, 0.3) is 0 Å². The van der Waals surface area contributed by atoms with E-state index in [1.165, 1.54) is 9.75 Å². The summed E-state index contributed by atoms with van der Waals surface area (Å²) in [6, 6.07) is 4.00. The smallest absolute Gasteiger partial charge is 0.322 e. The average molecular weight is 334 g/mol. The van der Waals surface area contributed by atoms with Gasteiger partial charge >= 0.3 is 6.03 Å². The second-order valence-corrected chi connectivity index (χ2v) is 7.26. The molecule has 7 heteroatoms. The normalized spacial score (nSPS) is 17.4. The molecule has 2 aromatic rings. The Labute approximate surface area is 140 Å². The molecule has 1 aliphatic rings. The Bertz CT molecular complexity index is 661. The zero-order chi connectivity index (χ0) is 16.2. The molecule has 1 aliphatic heterocycles. The third kappa shape index (κ3) is 4.33. The fourth-order valence-electron chi connectivity index (χ4n) is 2.62. The van der Waals surface area contributed by atoms with Crippen LogP contribution in [-0.2, 0) is 17.8 Å². The molecule has 0 aliphatic carbocycles. The predicted molar refractivity (Wildman–Crippen MR) is 90.7 cm³/mol. The summed E-state index contributed by atoms with van der Waals surface area (Å²) < 4.78 is 7.43. The molecule has 1 fully saturated rings. The molecule has 0 aromatic carbocycles. The Kier molecular flexibility index (Phi) is 4.97. The number of nitrogens with one attached hydrogen (secondary N) is 1. The summed E-state index contributed by atoms with van der Waals surface area (Å²) in [5, 5.41) is 7.17. The van der Waals surface area contributed by atoms with Crippen LogP contribution >= 0.6 is 11.3 Å². The maximum Gasteiger partial charge on any atom is 0.322 e. The predicted octanol–water partition coefficient (Wildman–Crippen LogP) is 3.10. The fourth-order valence-corrected chi connectivity index (χ4v) is 3.56. The molecule has 1 N–H and O–H groups in total. The number of thiophene rings is 1. The van der Waals surface area contributed by atoms with E-state index >= 15 is 0 Å². The molecule has 0 unspecified atom stereocenters. The van der Waals surface area contributed by atoms with E-state index in [-0.39, 0.29) is 12.1 Å². The molecule has 1 saturated heterocycles. The molecule has 3 rings (SSSR count). The second kappa shape index (κ2) is 7.14. The number of aryl methyl sites for hydroxylation is 1. The van der Waals surface area contributed by atoms with Crippen molar-refractivity contribution < 1.29 is 9.53 Å². The van der Waals surface area contributed by atoms with Crippen LogP contribution in [-0.4, -0.2) is 40.5 Å². The van der Waals surface area contributed by atoms with Crippen LogP contribution in [0.3, 0.4) is 0 Å². The first-order valence-electron chi connectivity index (χ1n) is 7.81. The van der Waals surface area contributed by atoms with Gasteiger partial charge in [-0.15, -0.1) is 11.3 Å². The van der Waals surface area contributed by atoms with Crippen molar-refractivity contribution in [2.75, 3.05) is 19.0 Å². The Morgan fingerprint density at radius 3 is 3.13 bits per heavy atom. The number of aromatic nitrogens is 2. The van der Waals surface area contributed by atoms with Crippen molar-refractivity contribution in [2.45, 2.75) is 39.0 Å². The summed E-state index contributed by atoms with van der Waals surface area (Å²) in [7, 11) is 1.79. The third-order valence-corrected chi connectivity index (χ3v) is 4.82. The van der Waals surface area contributed by atoms with Crippen molar-refractivity contribution in [1.82, 2.24) is 14.7 Å². The molecule has 1 atom stereocenters. The van der Waals surface area contributed by atoms with Crippen LogP contribution in [0.5, 0.6) is 0 Å². The Balaban J connectivity index is 1.51. The second-order valence-electron chi connectivity index (χ2n) is 5.88. The van der Waals surface area contributed by atoms with Crippen molar-refractivity contribution in [1.29, 1.82) is 0 Å². The molecule has 6 nitrogen and oxygen atoms in total. The van der Waals surface area contributed by atoms with E-state index in [0.717, 1.165) is 26.0 Å². The molecular formula is C16H22N4O2S. The maximum atomic E-state index is 12.2. The Morgan fingerprint density at radius 1 is 1.57 bits per heavy atom. The highest BCUT2D eigenvalue weighted by molar-refractivity contribution is 7.11. The first-order valence-corrected chi connectivity index (χ1v) is 8.63. The molecule has 2 aromatic heterocycles. The molecule has 0 radical (unpaired) electrons. The standard InChI is InChI=1S/C16H22N4O2S/c1-12-5-6-15(23-12)11-19(2)16(21)18-13-8-17-20(9-13)10-14-4-3-7-22-14/h5-6,8-9,14H,3-4,7,10-11H2,1-2H3,(H,18,21)/t14-/m1/s1. The van der Waals surface area contributed by atoms with Crippen molar-refractivity contribution in [3.8, 4) is 0 Å². The van der Waals surface area contributed by atoms with Gasteiger partial charge in [0.1, 0.15) is 0 Å². The van der Waals surface area contributed by atoms with Gasteiger partial charge in [-0.25, -0.2) is 4.79 Å². The number of urea groups is 1. The number of anilines is 1. The van der Waals surface area contributed by atoms with Gasteiger partial charge in [-0.05, 0) is 31.9 Å². The number of nitrogens with zero attached hydrogens (tertiary/aromatic N) is 3. The van der Waals surface area contributed by atoms with Gasteiger partial charge in [-0.3, -0.25) is 4.68 Å². The minimum absolute atomic E-state index is 0.132. The molecule has 3 heterocycles. The number of carbonyl (C=O) groups is 1. The van der Waals surface area contributed by atoms with Crippen LogP contribution in [0.25, 0.3) is 0 Å². The summed E-state index contributed by atoms with van der Waals surface area (Å²) in [6.07, 6.45) is 5.95. The zero-order valence-electron chi connectivity index (χ0n) is 13.5. The molecule has 0 bridgehead atoms. The quantitative estimate of drug-likeness (QED) is 0.914. The Hall–Kier alpha value is -1.86. The van der Waals surface area contributed by atoms with E-state index in [2.05, 4.69) is 29.5 Å². The number of carbonyl (C=O) groups excluding carboxylic acids is 1. The molecule has 0 saturated carbocycles. The van der Waals surface area contributed by atoms with E-state index in [1.54, 1.807) is 29.5 Å². The maximum absolute atomic E-state index is 12.2. The van der Waals surface area contributed by atoms with E-state index in [1.807, 2.05) is 10.9 Å². The largest absolute Gasteiger partial charge is 0.376 e. The molecule has 124 valence electrons. The minimum atomic E-state index is -0.132. The van der Waals surface area contributed by atoms with Crippen LogP contribution in [0.4, 0.5) is 10.5 Å². The van der Waals surface area contributed by atoms with Gasteiger partial charge in [-0.2, -0.15) is 5.10 Å². The number of rotatable bonds is 5. The number of hydrogen-bond acceptors (Lipinski definition) is 4. The van der Waals surface area contributed by atoms with Gasteiger partial charge in [-0.1, -0.05) is 0 Å². The summed E-state index contributed by atoms with van der Waals surface area (Å²) >= 11 is 1.71. The van der Waals surface area contributed by atoms with Crippen molar-refractivity contribution in [3.05, 3.63) is 34.3 Å². The monoisotopic (exact) mass is 334 g/mol. The highest BCUT2D eigenvalue weighted by atomic mass is 32.1. The number of ether oxygens (including phenoxy) is 1. The fraction of sp³-hybridized carbons (Fsp3) is 0.500. The summed E-state index contributed by atoms with van der Waals surface area (Å²) in [4.78, 5) is 16.3. The van der Waals surface area contributed by atoms with E-state index in [4.69, 9.17) is 4.74 Å². The van der Waals surface area contributed by atoms with E-state index < -0.39 is 0 Å².